The fourth-order valence-electron chi connectivity index (χ4n) is 2.06. The lowest BCUT2D eigenvalue weighted by Crippen LogP contribution is -2.14. The summed E-state index contributed by atoms with van der Waals surface area (Å²) in [5.41, 5.74) is 2.18. The fourth-order valence-corrected chi connectivity index (χ4v) is 3.12. The van der Waals surface area contributed by atoms with Crippen LogP contribution in [0.2, 0.25) is 0 Å². The van der Waals surface area contributed by atoms with Crippen molar-refractivity contribution in [3.8, 4) is 0 Å². The molecule has 1 aliphatic rings. The highest BCUT2D eigenvalue weighted by atomic mass is 32.2. The van der Waals surface area contributed by atoms with E-state index < -0.39 is 10.0 Å². The molecule has 0 radical (unpaired) electrons. The first-order valence-electron chi connectivity index (χ1n) is 5.91. The molecule has 0 spiro atoms. The molecule has 19 heavy (non-hydrogen) atoms. The van der Waals surface area contributed by atoms with E-state index in [0.29, 0.717) is 12.4 Å². The Morgan fingerprint density at radius 1 is 1.11 bits per heavy atom. The minimum absolute atomic E-state index is 0.264. The number of anilines is 1. The summed E-state index contributed by atoms with van der Waals surface area (Å²) < 4.78 is 26.9. The first kappa shape index (κ1) is 12.1. The van der Waals surface area contributed by atoms with Crippen LogP contribution in [0.5, 0.6) is 0 Å². The molecule has 2 N–H and O–H groups in total. The Kier molecular flexibility index (Phi) is 2.96. The summed E-state index contributed by atoms with van der Waals surface area (Å²) >= 11 is 0. The number of nitrogens with zero attached hydrogens (tertiary/aromatic N) is 1. The largest absolute Gasteiger partial charge is 0.309 e. The van der Waals surface area contributed by atoms with E-state index in [2.05, 4.69) is 15.0 Å². The van der Waals surface area contributed by atoms with Gasteiger partial charge in [0.05, 0.1) is 4.90 Å². The second-order valence-corrected chi connectivity index (χ2v) is 6.04. The first-order chi connectivity index (χ1) is 9.15. The Balaban J connectivity index is 1.92. The molecule has 0 saturated carbocycles. The van der Waals surface area contributed by atoms with Crippen LogP contribution in [0.25, 0.3) is 0 Å². The second-order valence-electron chi connectivity index (χ2n) is 4.35. The van der Waals surface area contributed by atoms with Gasteiger partial charge in [0.15, 0.2) is 0 Å². The number of nitrogens with one attached hydrogen (secondary N) is 2. The molecule has 98 valence electrons. The standard InChI is InChI=1S/C13H13N3O2S/c17-19(18,16-13-3-1-2-6-15-13)12-5-4-10-8-14-9-11(10)7-12/h1-7,14H,8-9H2,(H,15,16). The van der Waals surface area contributed by atoms with E-state index in [4.69, 9.17) is 0 Å². The highest BCUT2D eigenvalue weighted by molar-refractivity contribution is 7.92. The Hall–Kier alpha value is -1.92. The number of aromatic nitrogens is 1. The van der Waals surface area contributed by atoms with Crippen LogP contribution in [0, 0.1) is 0 Å². The van der Waals surface area contributed by atoms with Gasteiger partial charge in [-0.2, -0.15) is 0 Å². The summed E-state index contributed by atoms with van der Waals surface area (Å²) in [6.07, 6.45) is 1.55. The predicted molar refractivity (Wildman–Crippen MR) is 72.0 cm³/mol. The van der Waals surface area contributed by atoms with Crippen LogP contribution in [0.4, 0.5) is 5.82 Å². The molecule has 2 aromatic rings. The number of hydrogen-bond donors (Lipinski definition) is 2. The van der Waals surface area contributed by atoms with E-state index in [9.17, 15) is 8.42 Å². The number of pyridine rings is 1. The van der Waals surface area contributed by atoms with Crippen molar-refractivity contribution < 1.29 is 8.42 Å². The third-order valence-electron chi connectivity index (χ3n) is 3.02. The maximum atomic E-state index is 12.2. The van der Waals surface area contributed by atoms with Crippen LogP contribution in [-0.2, 0) is 23.1 Å². The van der Waals surface area contributed by atoms with Gasteiger partial charge in [-0.15, -0.1) is 0 Å². The van der Waals surface area contributed by atoms with Gasteiger partial charge in [0, 0.05) is 19.3 Å². The number of fused-ring (bicyclic) bond motifs is 1. The molecule has 6 heteroatoms. The summed E-state index contributed by atoms with van der Waals surface area (Å²) in [5, 5.41) is 3.19. The van der Waals surface area contributed by atoms with Gasteiger partial charge in [-0.3, -0.25) is 4.72 Å². The number of sulfonamides is 1. The van der Waals surface area contributed by atoms with Crippen LogP contribution < -0.4 is 10.0 Å². The highest BCUT2D eigenvalue weighted by Crippen LogP contribution is 2.21. The van der Waals surface area contributed by atoms with Gasteiger partial charge in [-0.1, -0.05) is 12.1 Å². The van der Waals surface area contributed by atoms with Gasteiger partial charge in [0.25, 0.3) is 10.0 Å². The van der Waals surface area contributed by atoms with E-state index in [0.717, 1.165) is 17.7 Å². The van der Waals surface area contributed by atoms with Crippen molar-refractivity contribution in [2.75, 3.05) is 4.72 Å². The van der Waals surface area contributed by atoms with E-state index >= 15 is 0 Å². The van der Waals surface area contributed by atoms with Gasteiger partial charge < -0.3 is 5.32 Å². The molecule has 3 rings (SSSR count). The summed E-state index contributed by atoms with van der Waals surface area (Å²) in [5.74, 6) is 0.320. The van der Waals surface area contributed by atoms with Gasteiger partial charge in [-0.05, 0) is 35.4 Å². The van der Waals surface area contributed by atoms with Crippen LogP contribution in [0.1, 0.15) is 11.1 Å². The van der Waals surface area contributed by atoms with Crippen molar-refractivity contribution in [1.82, 2.24) is 10.3 Å². The lowest BCUT2D eigenvalue weighted by Gasteiger charge is -2.08. The van der Waals surface area contributed by atoms with Crippen molar-refractivity contribution in [3.05, 3.63) is 53.7 Å². The Morgan fingerprint density at radius 3 is 2.74 bits per heavy atom. The van der Waals surface area contributed by atoms with Crippen LogP contribution in [0.3, 0.4) is 0 Å². The molecule has 2 heterocycles. The molecule has 0 fully saturated rings. The molecule has 0 bridgehead atoms. The molecule has 0 saturated heterocycles. The summed E-state index contributed by atoms with van der Waals surface area (Å²) in [6.45, 7) is 1.51. The number of hydrogen-bond acceptors (Lipinski definition) is 4. The molecule has 1 aromatic carbocycles. The van der Waals surface area contributed by atoms with E-state index in [1.165, 1.54) is 0 Å². The van der Waals surface area contributed by atoms with Crippen molar-refractivity contribution in [2.45, 2.75) is 18.0 Å². The van der Waals surface area contributed by atoms with E-state index in [-0.39, 0.29) is 4.90 Å². The van der Waals surface area contributed by atoms with Crippen molar-refractivity contribution in [3.63, 3.8) is 0 Å². The Bertz CT molecular complexity index is 699. The van der Waals surface area contributed by atoms with Crippen molar-refractivity contribution in [2.24, 2.45) is 0 Å². The third kappa shape index (κ3) is 2.45. The zero-order valence-electron chi connectivity index (χ0n) is 10.1. The average Bonchev–Trinajstić information content (AvgIpc) is 2.86. The normalized spacial score (nSPS) is 14.1. The zero-order valence-corrected chi connectivity index (χ0v) is 10.9. The molecular formula is C13H13N3O2S. The molecule has 0 aliphatic carbocycles. The molecular weight excluding hydrogens is 262 g/mol. The SMILES string of the molecule is O=S(=O)(Nc1ccccn1)c1ccc2c(c1)CNC2. The summed E-state index contributed by atoms with van der Waals surface area (Å²) in [6, 6.07) is 10.3. The van der Waals surface area contributed by atoms with Crippen LogP contribution in [-0.4, -0.2) is 13.4 Å². The van der Waals surface area contributed by atoms with Gasteiger partial charge in [0.1, 0.15) is 5.82 Å². The summed E-state index contributed by atoms with van der Waals surface area (Å²) in [7, 11) is -3.58. The highest BCUT2D eigenvalue weighted by Gasteiger charge is 2.18. The van der Waals surface area contributed by atoms with Crippen LogP contribution in [0.15, 0.2) is 47.5 Å². The minimum Gasteiger partial charge on any atom is -0.309 e. The van der Waals surface area contributed by atoms with Crippen molar-refractivity contribution >= 4 is 15.8 Å². The lowest BCUT2D eigenvalue weighted by molar-refractivity contribution is 0.601. The summed E-state index contributed by atoms with van der Waals surface area (Å²) in [4.78, 5) is 4.22. The Morgan fingerprint density at radius 2 is 1.95 bits per heavy atom. The van der Waals surface area contributed by atoms with E-state index in [1.807, 2.05) is 6.07 Å². The number of rotatable bonds is 3. The number of benzene rings is 1. The molecule has 0 amide bonds. The zero-order chi connectivity index (χ0) is 13.3. The first-order valence-corrected chi connectivity index (χ1v) is 7.40. The third-order valence-corrected chi connectivity index (χ3v) is 4.38. The van der Waals surface area contributed by atoms with E-state index in [1.54, 1.807) is 36.5 Å². The minimum atomic E-state index is -3.58. The smallest absolute Gasteiger partial charge is 0.263 e. The molecule has 5 nitrogen and oxygen atoms in total. The maximum absolute atomic E-state index is 12.2. The quantitative estimate of drug-likeness (QED) is 0.890. The van der Waals surface area contributed by atoms with Gasteiger partial charge in [0.2, 0.25) is 0 Å². The fraction of sp³-hybridized carbons (Fsp3) is 0.154. The molecule has 0 unspecified atom stereocenters. The predicted octanol–water partition coefficient (Wildman–Crippen LogP) is 1.49. The average molecular weight is 275 g/mol. The second kappa shape index (κ2) is 4.64. The molecule has 1 aliphatic heterocycles. The van der Waals surface area contributed by atoms with Gasteiger partial charge in [-0.25, -0.2) is 13.4 Å². The monoisotopic (exact) mass is 275 g/mol. The van der Waals surface area contributed by atoms with Crippen molar-refractivity contribution in [1.29, 1.82) is 0 Å². The maximum Gasteiger partial charge on any atom is 0.263 e. The lowest BCUT2D eigenvalue weighted by atomic mass is 10.1. The Labute approximate surface area is 111 Å². The van der Waals surface area contributed by atoms with Crippen LogP contribution >= 0.6 is 0 Å². The molecule has 1 aromatic heterocycles. The topological polar surface area (TPSA) is 71.1 Å². The van der Waals surface area contributed by atoms with Gasteiger partial charge >= 0.3 is 0 Å². The molecule has 0 atom stereocenters.